The lowest BCUT2D eigenvalue weighted by Crippen LogP contribution is -2.48. The average Bonchev–Trinajstić information content (AvgIpc) is 2.81. The SMILES string of the molecule is CCN(c1c(F)cc(C#N)cc1F)C1CC2CCC(C1)N2. The van der Waals surface area contributed by atoms with Crippen LogP contribution in [0.15, 0.2) is 12.1 Å². The Kier molecular flexibility index (Phi) is 3.81. The zero-order chi connectivity index (χ0) is 15.0. The van der Waals surface area contributed by atoms with Crippen molar-refractivity contribution in [1.82, 2.24) is 5.32 Å². The molecule has 2 atom stereocenters. The summed E-state index contributed by atoms with van der Waals surface area (Å²) in [5.41, 5.74) is 0.0398. The van der Waals surface area contributed by atoms with Crippen LogP contribution >= 0.6 is 0 Å². The molecule has 2 bridgehead atoms. The quantitative estimate of drug-likeness (QED) is 0.930. The summed E-state index contributed by atoms with van der Waals surface area (Å²) in [5.74, 6) is -1.28. The van der Waals surface area contributed by atoms with Crippen molar-refractivity contribution in [3.8, 4) is 6.07 Å². The van der Waals surface area contributed by atoms with E-state index in [0.717, 1.165) is 37.8 Å². The van der Waals surface area contributed by atoms with E-state index in [-0.39, 0.29) is 17.3 Å². The number of nitrogens with one attached hydrogen (secondary N) is 1. The van der Waals surface area contributed by atoms with Crippen LogP contribution in [0.3, 0.4) is 0 Å². The summed E-state index contributed by atoms with van der Waals surface area (Å²) in [6, 6.07) is 5.12. The lowest BCUT2D eigenvalue weighted by molar-refractivity contribution is 0.345. The molecule has 0 aromatic heterocycles. The van der Waals surface area contributed by atoms with Gasteiger partial charge >= 0.3 is 0 Å². The van der Waals surface area contributed by atoms with Gasteiger partial charge in [-0.1, -0.05) is 0 Å². The van der Waals surface area contributed by atoms with Crippen molar-refractivity contribution >= 4 is 5.69 Å². The van der Waals surface area contributed by atoms with Gasteiger partial charge in [-0.25, -0.2) is 8.78 Å². The van der Waals surface area contributed by atoms with Gasteiger partial charge in [0.05, 0.1) is 11.6 Å². The number of nitrogens with zero attached hydrogens (tertiary/aromatic N) is 2. The van der Waals surface area contributed by atoms with Crippen molar-refractivity contribution < 1.29 is 8.78 Å². The van der Waals surface area contributed by atoms with Gasteiger partial charge in [0.1, 0.15) is 5.69 Å². The molecular weight excluding hydrogens is 272 g/mol. The number of nitriles is 1. The minimum absolute atomic E-state index is 0.0165. The molecule has 0 radical (unpaired) electrons. The molecule has 2 heterocycles. The smallest absolute Gasteiger partial charge is 0.150 e. The first-order valence-corrected chi connectivity index (χ1v) is 7.54. The van der Waals surface area contributed by atoms with E-state index in [1.165, 1.54) is 0 Å². The summed E-state index contributed by atoms with van der Waals surface area (Å²) in [6.45, 7) is 2.48. The molecule has 0 amide bonds. The highest BCUT2D eigenvalue weighted by molar-refractivity contribution is 5.53. The topological polar surface area (TPSA) is 39.1 Å². The fourth-order valence-corrected chi connectivity index (χ4v) is 3.79. The second-order valence-electron chi connectivity index (χ2n) is 5.95. The zero-order valence-corrected chi connectivity index (χ0v) is 12.1. The Morgan fingerprint density at radius 1 is 1.24 bits per heavy atom. The third-order valence-electron chi connectivity index (χ3n) is 4.66. The van der Waals surface area contributed by atoms with Gasteiger partial charge in [0, 0.05) is 24.7 Å². The second-order valence-corrected chi connectivity index (χ2v) is 5.95. The fourth-order valence-electron chi connectivity index (χ4n) is 3.79. The molecule has 3 nitrogen and oxygen atoms in total. The molecule has 3 rings (SSSR count). The normalized spacial score (nSPS) is 27.4. The molecule has 2 fully saturated rings. The Bertz CT molecular complexity index is 546. The molecule has 1 aromatic rings. The van der Waals surface area contributed by atoms with E-state index in [2.05, 4.69) is 5.32 Å². The van der Waals surface area contributed by atoms with Crippen LogP contribution in [0.25, 0.3) is 0 Å². The van der Waals surface area contributed by atoms with E-state index in [4.69, 9.17) is 5.26 Å². The molecule has 2 saturated heterocycles. The van der Waals surface area contributed by atoms with Gasteiger partial charge in [0.15, 0.2) is 11.6 Å². The molecule has 1 N–H and O–H groups in total. The number of hydrogen-bond acceptors (Lipinski definition) is 3. The van der Waals surface area contributed by atoms with Crippen LogP contribution in [0, 0.1) is 23.0 Å². The molecule has 21 heavy (non-hydrogen) atoms. The van der Waals surface area contributed by atoms with Gasteiger partial charge < -0.3 is 10.2 Å². The van der Waals surface area contributed by atoms with Gasteiger partial charge in [-0.15, -0.1) is 0 Å². The summed E-state index contributed by atoms with van der Waals surface area (Å²) >= 11 is 0. The number of fused-ring (bicyclic) bond motifs is 2. The van der Waals surface area contributed by atoms with Crippen molar-refractivity contribution in [2.75, 3.05) is 11.4 Å². The third kappa shape index (κ3) is 2.60. The van der Waals surface area contributed by atoms with Gasteiger partial charge in [-0.2, -0.15) is 5.26 Å². The molecule has 0 aliphatic carbocycles. The van der Waals surface area contributed by atoms with Gasteiger partial charge in [0.2, 0.25) is 0 Å². The predicted octanol–water partition coefficient (Wildman–Crippen LogP) is 2.95. The van der Waals surface area contributed by atoms with Crippen LogP contribution in [0.1, 0.15) is 38.2 Å². The van der Waals surface area contributed by atoms with Crippen molar-refractivity contribution in [2.24, 2.45) is 0 Å². The highest BCUT2D eigenvalue weighted by Crippen LogP contribution is 2.34. The van der Waals surface area contributed by atoms with Crippen LogP contribution in [0.2, 0.25) is 0 Å². The first-order valence-electron chi connectivity index (χ1n) is 7.54. The number of hydrogen-bond donors (Lipinski definition) is 1. The maximum absolute atomic E-state index is 14.3. The number of anilines is 1. The maximum atomic E-state index is 14.3. The average molecular weight is 291 g/mol. The van der Waals surface area contributed by atoms with Crippen LogP contribution < -0.4 is 10.2 Å². The van der Waals surface area contributed by atoms with Crippen molar-refractivity contribution in [3.05, 3.63) is 29.3 Å². The highest BCUT2D eigenvalue weighted by atomic mass is 19.1. The molecule has 0 spiro atoms. The lowest BCUT2D eigenvalue weighted by atomic mass is 9.97. The van der Waals surface area contributed by atoms with E-state index in [9.17, 15) is 8.78 Å². The number of benzene rings is 1. The van der Waals surface area contributed by atoms with E-state index in [1.807, 2.05) is 11.8 Å². The second kappa shape index (κ2) is 5.61. The van der Waals surface area contributed by atoms with E-state index >= 15 is 0 Å². The minimum atomic E-state index is -0.640. The summed E-state index contributed by atoms with van der Waals surface area (Å²) < 4.78 is 28.5. The van der Waals surface area contributed by atoms with E-state index in [1.54, 1.807) is 6.07 Å². The number of piperidine rings is 1. The molecule has 5 heteroatoms. The molecule has 2 aliphatic rings. The van der Waals surface area contributed by atoms with Gasteiger partial charge in [-0.05, 0) is 44.7 Å². The standard InChI is InChI=1S/C16H19F2N3/c1-2-21(13-7-11-3-4-12(8-13)20-11)16-14(17)5-10(9-19)6-15(16)18/h5-6,11-13,20H,2-4,7-8H2,1H3. The summed E-state index contributed by atoms with van der Waals surface area (Å²) in [5, 5.41) is 12.3. The molecule has 2 aliphatic heterocycles. The summed E-state index contributed by atoms with van der Waals surface area (Å²) in [6.07, 6.45) is 4.14. The predicted molar refractivity (Wildman–Crippen MR) is 77.1 cm³/mol. The first kappa shape index (κ1) is 14.3. The lowest BCUT2D eigenvalue weighted by Gasteiger charge is -2.39. The van der Waals surface area contributed by atoms with Crippen molar-refractivity contribution in [3.63, 3.8) is 0 Å². The maximum Gasteiger partial charge on any atom is 0.150 e. The Morgan fingerprint density at radius 2 is 1.81 bits per heavy atom. The van der Waals surface area contributed by atoms with Crippen molar-refractivity contribution in [1.29, 1.82) is 5.26 Å². The molecular formula is C16H19F2N3. The summed E-state index contributed by atoms with van der Waals surface area (Å²) in [7, 11) is 0. The molecule has 1 aromatic carbocycles. The number of rotatable bonds is 3. The van der Waals surface area contributed by atoms with Gasteiger partial charge in [0.25, 0.3) is 0 Å². The summed E-state index contributed by atoms with van der Waals surface area (Å²) in [4.78, 5) is 1.83. The highest BCUT2D eigenvalue weighted by Gasteiger charge is 2.37. The zero-order valence-electron chi connectivity index (χ0n) is 12.1. The van der Waals surface area contributed by atoms with Crippen LogP contribution in [-0.4, -0.2) is 24.7 Å². The monoisotopic (exact) mass is 291 g/mol. The minimum Gasteiger partial charge on any atom is -0.364 e. The Morgan fingerprint density at radius 3 is 2.29 bits per heavy atom. The first-order chi connectivity index (χ1) is 10.1. The molecule has 0 saturated carbocycles. The molecule has 2 unspecified atom stereocenters. The van der Waals surface area contributed by atoms with Crippen LogP contribution in [-0.2, 0) is 0 Å². The number of halogens is 2. The fraction of sp³-hybridized carbons (Fsp3) is 0.562. The van der Waals surface area contributed by atoms with E-state index in [0.29, 0.717) is 18.6 Å². The largest absolute Gasteiger partial charge is 0.364 e. The Labute approximate surface area is 123 Å². The van der Waals surface area contributed by atoms with E-state index < -0.39 is 11.6 Å². The van der Waals surface area contributed by atoms with Gasteiger partial charge in [-0.3, -0.25) is 0 Å². The van der Waals surface area contributed by atoms with Crippen LogP contribution in [0.5, 0.6) is 0 Å². The molecule has 112 valence electrons. The van der Waals surface area contributed by atoms with Crippen LogP contribution in [0.4, 0.5) is 14.5 Å². The third-order valence-corrected chi connectivity index (χ3v) is 4.66. The Balaban J connectivity index is 1.92. The Hall–Kier alpha value is -1.67. The van der Waals surface area contributed by atoms with Crippen molar-refractivity contribution in [2.45, 2.75) is 50.7 Å².